The molecule has 0 N–H and O–H groups in total. The minimum absolute atomic E-state index is 0.0863. The number of fused-ring (bicyclic) bond motifs is 1. The molecular formula is C24H15BrClN3O5. The van der Waals surface area contributed by atoms with Gasteiger partial charge in [0.1, 0.15) is 11.6 Å². The van der Waals surface area contributed by atoms with Gasteiger partial charge in [-0.3, -0.25) is 29.4 Å². The summed E-state index contributed by atoms with van der Waals surface area (Å²) < 4.78 is 0.753. The van der Waals surface area contributed by atoms with Crippen molar-refractivity contribution in [2.24, 2.45) is 0 Å². The number of imide groups is 1. The van der Waals surface area contributed by atoms with E-state index < -0.39 is 40.4 Å². The van der Waals surface area contributed by atoms with Gasteiger partial charge in [-0.25, -0.2) is 0 Å². The molecule has 3 aromatic carbocycles. The van der Waals surface area contributed by atoms with Gasteiger partial charge in [0, 0.05) is 21.2 Å². The van der Waals surface area contributed by atoms with Crippen molar-refractivity contribution in [3.8, 4) is 0 Å². The number of nitro groups is 1. The highest BCUT2D eigenvalue weighted by atomic mass is 79.9. The van der Waals surface area contributed by atoms with E-state index in [4.69, 9.17) is 11.6 Å². The first-order valence-corrected chi connectivity index (χ1v) is 11.4. The lowest BCUT2D eigenvalue weighted by atomic mass is 9.86. The fourth-order valence-corrected chi connectivity index (χ4v) is 5.05. The van der Waals surface area contributed by atoms with Crippen molar-refractivity contribution >= 4 is 56.6 Å². The number of carbonyl (C=O) groups is 3. The van der Waals surface area contributed by atoms with Crippen LogP contribution in [0.4, 0.5) is 11.4 Å². The fourth-order valence-electron chi connectivity index (χ4n) is 4.46. The second-order valence-corrected chi connectivity index (χ2v) is 9.35. The van der Waals surface area contributed by atoms with E-state index in [1.807, 2.05) is 13.0 Å². The molecule has 3 aromatic rings. The SMILES string of the molecule is Cc1ccc(N2C(=O)[C@@H](N3C(=O)c4cccc([N+](=O)[O-])c4C3=O)[C@@H]2c2cccc(Br)c2)cc1Cl. The largest absolute Gasteiger partial charge is 0.300 e. The number of nitrogens with zero attached hydrogens (tertiary/aromatic N) is 3. The zero-order valence-electron chi connectivity index (χ0n) is 17.6. The van der Waals surface area contributed by atoms with E-state index >= 15 is 0 Å². The Bertz CT molecular complexity index is 1430. The van der Waals surface area contributed by atoms with Crippen molar-refractivity contribution < 1.29 is 19.3 Å². The molecule has 5 rings (SSSR count). The van der Waals surface area contributed by atoms with E-state index in [1.54, 1.807) is 36.4 Å². The highest BCUT2D eigenvalue weighted by Gasteiger charge is 2.58. The molecule has 1 saturated heterocycles. The average Bonchev–Trinajstić information content (AvgIpc) is 3.05. The first kappa shape index (κ1) is 22.2. The van der Waals surface area contributed by atoms with Crippen LogP contribution < -0.4 is 4.90 Å². The molecule has 10 heteroatoms. The molecule has 0 bridgehead atoms. The number of carbonyl (C=O) groups excluding carboxylic acids is 3. The number of halogens is 2. The molecule has 0 saturated carbocycles. The number of hydrogen-bond acceptors (Lipinski definition) is 5. The van der Waals surface area contributed by atoms with Crippen molar-refractivity contribution in [1.29, 1.82) is 0 Å². The van der Waals surface area contributed by atoms with Crippen LogP contribution in [0.2, 0.25) is 5.02 Å². The second kappa shape index (κ2) is 8.03. The van der Waals surface area contributed by atoms with E-state index in [1.165, 1.54) is 23.1 Å². The Kier molecular flexibility index (Phi) is 5.26. The van der Waals surface area contributed by atoms with E-state index in [0.717, 1.165) is 14.9 Å². The zero-order chi connectivity index (χ0) is 24.3. The number of rotatable bonds is 4. The number of hydrogen-bond donors (Lipinski definition) is 0. The van der Waals surface area contributed by atoms with Crippen LogP contribution in [0, 0.1) is 17.0 Å². The summed E-state index contributed by atoms with van der Waals surface area (Å²) in [6, 6.07) is 14.4. The molecule has 0 unspecified atom stereocenters. The van der Waals surface area contributed by atoms with E-state index in [-0.39, 0.29) is 11.1 Å². The lowest BCUT2D eigenvalue weighted by molar-refractivity contribution is -0.385. The Balaban J connectivity index is 1.62. The molecule has 2 aliphatic heterocycles. The molecular weight excluding hydrogens is 526 g/mol. The van der Waals surface area contributed by atoms with Crippen LogP contribution in [0.15, 0.2) is 65.1 Å². The summed E-state index contributed by atoms with van der Waals surface area (Å²) in [5.41, 5.74) is 1.19. The van der Waals surface area contributed by atoms with Crippen molar-refractivity contribution in [3.05, 3.63) is 103 Å². The van der Waals surface area contributed by atoms with Crippen LogP contribution in [0.25, 0.3) is 0 Å². The van der Waals surface area contributed by atoms with Crippen LogP contribution in [-0.2, 0) is 4.79 Å². The Morgan fingerprint density at radius 3 is 2.35 bits per heavy atom. The van der Waals surface area contributed by atoms with E-state index in [0.29, 0.717) is 16.3 Å². The third-order valence-corrected chi connectivity index (χ3v) is 6.99. The molecule has 0 aromatic heterocycles. The van der Waals surface area contributed by atoms with Gasteiger partial charge in [0.2, 0.25) is 0 Å². The van der Waals surface area contributed by atoms with Gasteiger partial charge in [0.05, 0.1) is 16.5 Å². The number of β-lactam (4-membered cyclic amide) rings is 1. The summed E-state index contributed by atoms with van der Waals surface area (Å²) in [6.45, 7) is 1.84. The minimum atomic E-state index is -1.17. The highest BCUT2D eigenvalue weighted by molar-refractivity contribution is 9.10. The van der Waals surface area contributed by atoms with Crippen LogP contribution in [0.5, 0.6) is 0 Å². The molecule has 2 aliphatic rings. The summed E-state index contributed by atoms with van der Waals surface area (Å²) in [4.78, 5) is 53.1. The molecule has 8 nitrogen and oxygen atoms in total. The predicted molar refractivity (Wildman–Crippen MR) is 128 cm³/mol. The van der Waals surface area contributed by atoms with Gasteiger partial charge in [-0.15, -0.1) is 0 Å². The molecule has 0 radical (unpaired) electrons. The van der Waals surface area contributed by atoms with E-state index in [2.05, 4.69) is 15.9 Å². The summed E-state index contributed by atoms with van der Waals surface area (Å²) in [5, 5.41) is 12.0. The first-order chi connectivity index (χ1) is 16.2. The number of aryl methyl sites for hydroxylation is 1. The molecule has 3 amide bonds. The Morgan fingerprint density at radius 1 is 0.941 bits per heavy atom. The van der Waals surface area contributed by atoms with Gasteiger partial charge >= 0.3 is 0 Å². The third-order valence-electron chi connectivity index (χ3n) is 6.09. The topological polar surface area (TPSA) is 101 Å². The zero-order valence-corrected chi connectivity index (χ0v) is 19.9. The number of nitro benzene ring substituents is 1. The van der Waals surface area contributed by atoms with Gasteiger partial charge in [0.15, 0.2) is 0 Å². The van der Waals surface area contributed by atoms with Crippen LogP contribution in [-0.4, -0.2) is 33.6 Å². The molecule has 2 atom stereocenters. The van der Waals surface area contributed by atoms with Gasteiger partial charge in [0.25, 0.3) is 23.4 Å². The summed E-state index contributed by atoms with van der Waals surface area (Å²) >= 11 is 9.72. The Hall–Kier alpha value is -3.56. The smallest absolute Gasteiger partial charge is 0.282 e. The van der Waals surface area contributed by atoms with Crippen LogP contribution >= 0.6 is 27.5 Å². The summed E-state index contributed by atoms with van der Waals surface area (Å²) in [5.74, 6) is -2.07. The quantitative estimate of drug-likeness (QED) is 0.199. The van der Waals surface area contributed by atoms with Crippen molar-refractivity contribution in [2.45, 2.75) is 19.0 Å². The third kappa shape index (κ3) is 3.23. The van der Waals surface area contributed by atoms with E-state index in [9.17, 15) is 24.5 Å². The molecule has 0 spiro atoms. The standard InChI is InChI=1S/C24H15BrClN3O5/c1-12-8-9-15(11-17(12)26)27-20(13-4-2-5-14(25)10-13)21(24(27)32)28-22(30)16-6-3-7-18(29(33)34)19(16)23(28)31/h2-11,20-21H,1H3/t20-,21-/m0/s1. The summed E-state index contributed by atoms with van der Waals surface area (Å²) in [7, 11) is 0. The van der Waals surface area contributed by atoms with Gasteiger partial charge in [-0.1, -0.05) is 51.8 Å². The molecule has 34 heavy (non-hydrogen) atoms. The molecule has 2 heterocycles. The highest BCUT2D eigenvalue weighted by Crippen LogP contribution is 2.46. The van der Waals surface area contributed by atoms with Crippen molar-refractivity contribution in [2.75, 3.05) is 4.90 Å². The first-order valence-electron chi connectivity index (χ1n) is 10.2. The van der Waals surface area contributed by atoms with Gasteiger partial charge < -0.3 is 4.90 Å². The normalized spacial score (nSPS) is 19.3. The van der Waals surface area contributed by atoms with Crippen LogP contribution in [0.1, 0.15) is 37.9 Å². The van der Waals surface area contributed by atoms with Crippen molar-refractivity contribution in [3.63, 3.8) is 0 Å². The lowest BCUT2D eigenvalue weighted by Crippen LogP contribution is -2.67. The lowest BCUT2D eigenvalue weighted by Gasteiger charge is -2.49. The molecule has 0 aliphatic carbocycles. The molecule has 170 valence electrons. The summed E-state index contributed by atoms with van der Waals surface area (Å²) in [6.07, 6.45) is 0. The van der Waals surface area contributed by atoms with Crippen molar-refractivity contribution in [1.82, 2.24) is 4.90 Å². The maximum Gasteiger partial charge on any atom is 0.282 e. The van der Waals surface area contributed by atoms with Gasteiger partial charge in [-0.2, -0.15) is 0 Å². The molecule has 1 fully saturated rings. The maximum atomic E-state index is 13.5. The fraction of sp³-hybridized carbons (Fsp3) is 0.125. The Morgan fingerprint density at radius 2 is 1.68 bits per heavy atom. The second-order valence-electron chi connectivity index (χ2n) is 8.02. The Labute approximate surface area is 207 Å². The number of benzene rings is 3. The monoisotopic (exact) mass is 539 g/mol. The van der Waals surface area contributed by atoms with Gasteiger partial charge in [-0.05, 0) is 48.4 Å². The average molecular weight is 541 g/mol. The predicted octanol–water partition coefficient (Wildman–Crippen LogP) is 5.07. The maximum absolute atomic E-state index is 13.5. The van der Waals surface area contributed by atoms with Crippen LogP contribution in [0.3, 0.4) is 0 Å². The minimum Gasteiger partial charge on any atom is -0.300 e. The number of anilines is 1. The number of amides is 3.